The first-order valence-corrected chi connectivity index (χ1v) is 7.62. The summed E-state index contributed by atoms with van der Waals surface area (Å²) in [6, 6.07) is 3.94. The van der Waals surface area contributed by atoms with Crippen LogP contribution >= 0.6 is 34.4 Å². The van der Waals surface area contributed by atoms with Gasteiger partial charge in [0.05, 0.1) is 6.61 Å². The van der Waals surface area contributed by atoms with E-state index in [2.05, 4.69) is 32.5 Å². The maximum absolute atomic E-state index is 5.57. The molecule has 88 valence electrons. The topological polar surface area (TPSA) is 25.4 Å². The van der Waals surface area contributed by atoms with Gasteiger partial charge in [-0.15, -0.1) is 11.8 Å². The third-order valence-electron chi connectivity index (χ3n) is 2.39. The summed E-state index contributed by atoms with van der Waals surface area (Å²) in [6.45, 7) is 3.12. The smallest absolute Gasteiger partial charge is 0.213 e. The number of hydrogen-bond acceptors (Lipinski definition) is 4. The van der Waals surface area contributed by atoms with Crippen LogP contribution in [0.1, 0.15) is 6.42 Å². The molecule has 0 radical (unpaired) electrons. The van der Waals surface area contributed by atoms with E-state index in [-0.39, 0.29) is 0 Å². The molecule has 0 amide bonds. The quantitative estimate of drug-likeness (QED) is 0.602. The second-order valence-electron chi connectivity index (χ2n) is 3.67. The van der Waals surface area contributed by atoms with Gasteiger partial charge >= 0.3 is 0 Å². The molecule has 0 aromatic carbocycles. The molecule has 2 heterocycles. The maximum atomic E-state index is 5.57. The highest BCUT2D eigenvalue weighted by molar-refractivity contribution is 14.1. The SMILES string of the molecule is Ic1ccc(OCCCN2CCSC2)nc1. The Kier molecular flexibility index (Phi) is 5.18. The zero-order valence-corrected chi connectivity index (χ0v) is 12.0. The van der Waals surface area contributed by atoms with Crippen molar-refractivity contribution >= 4 is 34.4 Å². The van der Waals surface area contributed by atoms with Crippen molar-refractivity contribution in [3.63, 3.8) is 0 Å². The van der Waals surface area contributed by atoms with Crippen LogP contribution < -0.4 is 4.74 Å². The molecule has 1 aliphatic rings. The van der Waals surface area contributed by atoms with Gasteiger partial charge in [-0.25, -0.2) is 4.98 Å². The minimum Gasteiger partial charge on any atom is -0.478 e. The summed E-state index contributed by atoms with van der Waals surface area (Å²) in [5.41, 5.74) is 0. The van der Waals surface area contributed by atoms with Gasteiger partial charge in [0.25, 0.3) is 0 Å². The van der Waals surface area contributed by atoms with E-state index in [4.69, 9.17) is 4.74 Å². The van der Waals surface area contributed by atoms with Crippen molar-refractivity contribution in [2.24, 2.45) is 0 Å². The summed E-state index contributed by atoms with van der Waals surface area (Å²) in [5, 5.41) is 0. The van der Waals surface area contributed by atoms with Gasteiger partial charge < -0.3 is 4.74 Å². The molecule has 1 aromatic rings. The van der Waals surface area contributed by atoms with Gasteiger partial charge in [-0.1, -0.05) is 0 Å². The maximum Gasteiger partial charge on any atom is 0.213 e. The van der Waals surface area contributed by atoms with E-state index in [0.29, 0.717) is 0 Å². The summed E-state index contributed by atoms with van der Waals surface area (Å²) >= 11 is 4.25. The number of halogens is 1. The van der Waals surface area contributed by atoms with Crippen molar-refractivity contribution in [3.05, 3.63) is 21.9 Å². The van der Waals surface area contributed by atoms with E-state index >= 15 is 0 Å². The molecule has 5 heteroatoms. The van der Waals surface area contributed by atoms with E-state index in [9.17, 15) is 0 Å². The van der Waals surface area contributed by atoms with Crippen molar-refractivity contribution in [1.82, 2.24) is 9.88 Å². The lowest BCUT2D eigenvalue weighted by molar-refractivity contribution is 0.262. The van der Waals surface area contributed by atoms with Crippen molar-refractivity contribution in [3.8, 4) is 5.88 Å². The molecule has 0 saturated carbocycles. The summed E-state index contributed by atoms with van der Waals surface area (Å²) in [4.78, 5) is 6.67. The van der Waals surface area contributed by atoms with Crippen LogP contribution in [0.2, 0.25) is 0 Å². The molecule has 16 heavy (non-hydrogen) atoms. The van der Waals surface area contributed by atoms with Gasteiger partial charge in [0.15, 0.2) is 0 Å². The fourth-order valence-electron chi connectivity index (χ4n) is 1.54. The second kappa shape index (κ2) is 6.66. The minimum atomic E-state index is 0.733. The van der Waals surface area contributed by atoms with Crippen LogP contribution in [0, 0.1) is 3.57 Å². The van der Waals surface area contributed by atoms with Crippen molar-refractivity contribution in [2.45, 2.75) is 6.42 Å². The third kappa shape index (κ3) is 4.10. The minimum absolute atomic E-state index is 0.733. The molecular weight excluding hydrogens is 335 g/mol. The van der Waals surface area contributed by atoms with Crippen molar-refractivity contribution in [2.75, 3.05) is 31.3 Å². The molecule has 0 spiro atoms. The first-order valence-electron chi connectivity index (χ1n) is 5.39. The fraction of sp³-hybridized carbons (Fsp3) is 0.545. The molecule has 0 N–H and O–H groups in total. The summed E-state index contributed by atoms with van der Waals surface area (Å²) < 4.78 is 6.71. The molecule has 3 nitrogen and oxygen atoms in total. The van der Waals surface area contributed by atoms with Crippen LogP contribution in [0.5, 0.6) is 5.88 Å². The molecule has 0 unspecified atom stereocenters. The van der Waals surface area contributed by atoms with E-state index in [1.165, 1.54) is 18.2 Å². The number of thioether (sulfide) groups is 1. The van der Waals surface area contributed by atoms with Crippen LogP contribution in [-0.4, -0.2) is 41.2 Å². The molecule has 1 saturated heterocycles. The molecule has 1 aromatic heterocycles. The number of aromatic nitrogens is 1. The van der Waals surface area contributed by atoms with E-state index in [0.717, 1.165) is 29.0 Å². The summed E-state index contributed by atoms with van der Waals surface area (Å²) in [6.07, 6.45) is 2.90. The molecule has 0 aliphatic carbocycles. The standard InChI is InChI=1S/C11H15IN2OS/c12-10-2-3-11(13-8-10)15-6-1-4-14-5-7-16-9-14/h2-3,8H,1,4-7,9H2. The summed E-state index contributed by atoms with van der Waals surface area (Å²) in [7, 11) is 0. The van der Waals surface area contributed by atoms with Crippen LogP contribution in [-0.2, 0) is 0 Å². The van der Waals surface area contributed by atoms with Crippen LogP contribution in [0.4, 0.5) is 0 Å². The zero-order chi connectivity index (χ0) is 11.2. The third-order valence-corrected chi connectivity index (χ3v) is 4.05. The van der Waals surface area contributed by atoms with Gasteiger partial charge in [0.1, 0.15) is 0 Å². The van der Waals surface area contributed by atoms with Crippen molar-refractivity contribution < 1.29 is 4.74 Å². The highest BCUT2D eigenvalue weighted by Crippen LogP contribution is 2.13. The Bertz CT molecular complexity index is 314. The average molecular weight is 350 g/mol. The van der Waals surface area contributed by atoms with Crippen LogP contribution in [0.3, 0.4) is 0 Å². The number of ether oxygens (including phenoxy) is 1. The van der Waals surface area contributed by atoms with Gasteiger partial charge in [-0.05, 0) is 35.1 Å². The first kappa shape index (κ1) is 12.4. The molecular formula is C11H15IN2OS. The van der Waals surface area contributed by atoms with E-state index in [1.54, 1.807) is 0 Å². The number of hydrogen-bond donors (Lipinski definition) is 0. The first-order chi connectivity index (χ1) is 7.84. The molecule has 0 bridgehead atoms. The Balaban J connectivity index is 1.62. The largest absolute Gasteiger partial charge is 0.478 e. The lowest BCUT2D eigenvalue weighted by Crippen LogP contribution is -2.22. The Morgan fingerprint density at radius 3 is 3.12 bits per heavy atom. The number of nitrogens with zero attached hydrogens (tertiary/aromatic N) is 2. The fourth-order valence-corrected chi connectivity index (χ4v) is 2.89. The Labute approximate surface area is 114 Å². The molecule has 1 aliphatic heterocycles. The normalized spacial score (nSPS) is 16.6. The highest BCUT2D eigenvalue weighted by Gasteiger charge is 2.10. The average Bonchev–Trinajstić information content (AvgIpc) is 2.80. The van der Waals surface area contributed by atoms with Gasteiger partial charge in [0.2, 0.25) is 5.88 Å². The predicted molar refractivity (Wildman–Crippen MR) is 76.0 cm³/mol. The molecule has 0 atom stereocenters. The molecule has 2 rings (SSSR count). The Morgan fingerprint density at radius 2 is 2.44 bits per heavy atom. The number of pyridine rings is 1. The van der Waals surface area contributed by atoms with E-state index in [1.807, 2.05) is 30.1 Å². The van der Waals surface area contributed by atoms with E-state index < -0.39 is 0 Å². The Hall–Kier alpha value is -0.0100. The van der Waals surface area contributed by atoms with Crippen LogP contribution in [0.15, 0.2) is 18.3 Å². The highest BCUT2D eigenvalue weighted by atomic mass is 127. The zero-order valence-electron chi connectivity index (χ0n) is 9.06. The second-order valence-corrected chi connectivity index (χ2v) is 5.99. The lowest BCUT2D eigenvalue weighted by Gasteiger charge is -2.13. The Morgan fingerprint density at radius 1 is 1.50 bits per heavy atom. The predicted octanol–water partition coefficient (Wildman–Crippen LogP) is 2.46. The summed E-state index contributed by atoms with van der Waals surface area (Å²) in [5.74, 6) is 3.19. The molecule has 1 fully saturated rings. The lowest BCUT2D eigenvalue weighted by atomic mass is 10.4. The van der Waals surface area contributed by atoms with Gasteiger partial charge in [-0.3, -0.25) is 4.90 Å². The van der Waals surface area contributed by atoms with Crippen molar-refractivity contribution in [1.29, 1.82) is 0 Å². The monoisotopic (exact) mass is 350 g/mol. The van der Waals surface area contributed by atoms with Gasteiger partial charge in [0, 0.05) is 40.6 Å². The van der Waals surface area contributed by atoms with Gasteiger partial charge in [-0.2, -0.15) is 0 Å². The number of rotatable bonds is 5. The van der Waals surface area contributed by atoms with Crippen LogP contribution in [0.25, 0.3) is 0 Å².